The van der Waals surface area contributed by atoms with E-state index in [-0.39, 0.29) is 19.1 Å². The van der Waals surface area contributed by atoms with Crippen LogP contribution in [-0.4, -0.2) is 5.11 Å². The summed E-state index contributed by atoms with van der Waals surface area (Å²) in [6.07, 6.45) is 0. The molecule has 1 N–H and O–H groups in total. The Morgan fingerprint density at radius 3 is 1.70 bits per heavy atom. The van der Waals surface area contributed by atoms with Gasteiger partial charge in [-0.1, -0.05) is 31.7 Å². The number of nitrogens with zero attached hydrogens (tertiary/aromatic N) is 1. The Kier molecular flexibility index (Phi) is 3.28. The normalized spacial score (nSPS) is 14.2. The Morgan fingerprint density at radius 2 is 1.13 bits per heavy atom. The number of aromatic hydroxyl groups is 1. The lowest BCUT2D eigenvalue weighted by atomic mass is 9.76. The zero-order valence-corrected chi connectivity index (χ0v) is 15.3. The minimum atomic E-state index is 0. The third-order valence-electron chi connectivity index (χ3n) is 5.99. The van der Waals surface area contributed by atoms with Gasteiger partial charge in [-0.3, -0.25) is 0 Å². The molecule has 4 aromatic rings. The SMILES string of the molecule is C.Oc1cccc(N2c3cccc4c3C3c5c(cccc5Oc5cccc2c53)O4)c1. The highest BCUT2D eigenvalue weighted by Crippen LogP contribution is 2.64. The summed E-state index contributed by atoms with van der Waals surface area (Å²) in [4.78, 5) is 2.18. The average molecular weight is 393 g/mol. The van der Waals surface area contributed by atoms with Gasteiger partial charge in [-0.05, 0) is 48.5 Å². The van der Waals surface area contributed by atoms with Gasteiger partial charge in [0.1, 0.15) is 28.7 Å². The predicted octanol–water partition coefficient (Wildman–Crippen LogP) is 7.20. The molecule has 0 saturated carbocycles. The summed E-state index contributed by atoms with van der Waals surface area (Å²) in [5, 5.41) is 10.1. The molecule has 4 heteroatoms. The van der Waals surface area contributed by atoms with Crippen LogP contribution in [0.1, 0.15) is 30.0 Å². The monoisotopic (exact) mass is 393 g/mol. The Hall–Kier alpha value is -3.92. The summed E-state index contributed by atoms with van der Waals surface area (Å²) in [7, 11) is 0. The van der Waals surface area contributed by atoms with Crippen LogP contribution in [0.2, 0.25) is 0 Å². The average Bonchev–Trinajstić information content (AvgIpc) is 2.74. The largest absolute Gasteiger partial charge is 0.508 e. The van der Waals surface area contributed by atoms with E-state index in [4.69, 9.17) is 9.47 Å². The number of ether oxygens (including phenoxy) is 2. The van der Waals surface area contributed by atoms with Gasteiger partial charge in [0.15, 0.2) is 0 Å². The van der Waals surface area contributed by atoms with Gasteiger partial charge in [0.05, 0.1) is 17.3 Å². The highest BCUT2D eigenvalue weighted by molar-refractivity contribution is 5.91. The Labute approximate surface area is 174 Å². The lowest BCUT2D eigenvalue weighted by Gasteiger charge is -2.43. The van der Waals surface area contributed by atoms with Gasteiger partial charge < -0.3 is 19.5 Å². The van der Waals surface area contributed by atoms with Crippen molar-refractivity contribution in [3.63, 3.8) is 0 Å². The lowest BCUT2D eigenvalue weighted by Crippen LogP contribution is -2.27. The second-order valence-corrected chi connectivity index (χ2v) is 7.54. The summed E-state index contributed by atoms with van der Waals surface area (Å²) in [6.45, 7) is 0. The summed E-state index contributed by atoms with van der Waals surface area (Å²) in [5.41, 5.74) is 6.38. The molecule has 0 aromatic heterocycles. The fraction of sp³-hybridized carbons (Fsp3) is 0.0769. The number of hydrogen-bond acceptors (Lipinski definition) is 4. The van der Waals surface area contributed by atoms with Crippen LogP contribution in [-0.2, 0) is 0 Å². The molecular formula is C26H19NO3. The zero-order chi connectivity index (χ0) is 19.1. The molecule has 0 unspecified atom stereocenters. The van der Waals surface area contributed by atoms with Crippen molar-refractivity contribution in [2.45, 2.75) is 13.3 Å². The quantitative estimate of drug-likeness (QED) is 0.320. The van der Waals surface area contributed by atoms with Crippen molar-refractivity contribution in [3.05, 3.63) is 95.6 Å². The highest BCUT2D eigenvalue weighted by Gasteiger charge is 2.44. The van der Waals surface area contributed by atoms with Gasteiger partial charge in [0.25, 0.3) is 0 Å². The van der Waals surface area contributed by atoms with E-state index in [1.165, 1.54) is 0 Å². The Morgan fingerprint density at radius 1 is 0.633 bits per heavy atom. The van der Waals surface area contributed by atoms with E-state index in [1.54, 1.807) is 12.1 Å². The molecule has 4 aromatic carbocycles. The Bertz CT molecular complexity index is 1270. The van der Waals surface area contributed by atoms with Crippen molar-refractivity contribution in [2.75, 3.05) is 4.90 Å². The first-order chi connectivity index (χ1) is 14.3. The molecule has 3 aliphatic heterocycles. The van der Waals surface area contributed by atoms with Gasteiger partial charge in [-0.25, -0.2) is 0 Å². The molecule has 0 radical (unpaired) electrons. The zero-order valence-electron chi connectivity index (χ0n) is 15.3. The molecule has 0 bridgehead atoms. The van der Waals surface area contributed by atoms with E-state index in [0.717, 1.165) is 56.8 Å². The molecule has 0 fully saturated rings. The van der Waals surface area contributed by atoms with E-state index < -0.39 is 0 Å². The number of rotatable bonds is 1. The van der Waals surface area contributed by atoms with Crippen LogP contribution in [0, 0.1) is 0 Å². The molecule has 0 atom stereocenters. The van der Waals surface area contributed by atoms with Gasteiger partial charge in [-0.15, -0.1) is 0 Å². The van der Waals surface area contributed by atoms with Crippen LogP contribution < -0.4 is 14.4 Å². The molecule has 0 amide bonds. The summed E-state index contributed by atoms with van der Waals surface area (Å²) < 4.78 is 12.6. The van der Waals surface area contributed by atoms with Crippen LogP contribution in [0.15, 0.2) is 78.9 Å². The summed E-state index contributed by atoms with van der Waals surface area (Å²) in [6, 6.07) is 25.6. The van der Waals surface area contributed by atoms with Crippen LogP contribution >= 0.6 is 0 Å². The van der Waals surface area contributed by atoms with E-state index in [0.29, 0.717) is 0 Å². The summed E-state index contributed by atoms with van der Waals surface area (Å²) >= 11 is 0. The van der Waals surface area contributed by atoms with Crippen molar-refractivity contribution >= 4 is 17.1 Å². The number of anilines is 3. The van der Waals surface area contributed by atoms with Crippen molar-refractivity contribution in [2.24, 2.45) is 0 Å². The standard InChI is InChI=1S/C25H15NO3.CH4/c27-15-6-1-5-14(13-15)26-16-7-2-9-18-22(16)25-23-17(26)8-3-10-19(23)29-21-12-4-11-20(28-18)24(21)25;/h1-13,25,27H;1H4. The molecule has 3 aliphatic rings. The van der Waals surface area contributed by atoms with E-state index in [2.05, 4.69) is 17.0 Å². The van der Waals surface area contributed by atoms with Gasteiger partial charge >= 0.3 is 0 Å². The molecule has 0 aliphatic carbocycles. The van der Waals surface area contributed by atoms with E-state index in [1.807, 2.05) is 54.6 Å². The first-order valence-corrected chi connectivity index (χ1v) is 9.63. The first-order valence-electron chi connectivity index (χ1n) is 9.63. The second kappa shape index (κ2) is 5.80. The van der Waals surface area contributed by atoms with Crippen molar-refractivity contribution in [1.82, 2.24) is 0 Å². The molecule has 7 rings (SSSR count). The highest BCUT2D eigenvalue weighted by atomic mass is 16.5. The topological polar surface area (TPSA) is 41.9 Å². The lowest BCUT2D eigenvalue weighted by molar-refractivity contribution is 0.409. The van der Waals surface area contributed by atoms with Crippen LogP contribution in [0.4, 0.5) is 17.1 Å². The number of hydrogen-bond donors (Lipinski definition) is 1. The van der Waals surface area contributed by atoms with Gasteiger partial charge in [0.2, 0.25) is 0 Å². The fourth-order valence-corrected chi connectivity index (χ4v) is 4.91. The predicted molar refractivity (Wildman–Crippen MR) is 117 cm³/mol. The molecule has 146 valence electrons. The third-order valence-corrected chi connectivity index (χ3v) is 5.99. The smallest absolute Gasteiger partial charge is 0.135 e. The maximum Gasteiger partial charge on any atom is 0.135 e. The van der Waals surface area contributed by atoms with Crippen molar-refractivity contribution in [1.29, 1.82) is 0 Å². The molecular weight excluding hydrogens is 374 g/mol. The van der Waals surface area contributed by atoms with Crippen molar-refractivity contribution in [3.8, 4) is 28.7 Å². The minimum Gasteiger partial charge on any atom is -0.508 e. The number of phenols is 1. The van der Waals surface area contributed by atoms with Crippen molar-refractivity contribution < 1.29 is 14.6 Å². The molecule has 4 nitrogen and oxygen atoms in total. The van der Waals surface area contributed by atoms with Crippen LogP contribution in [0.5, 0.6) is 28.7 Å². The molecule has 30 heavy (non-hydrogen) atoms. The van der Waals surface area contributed by atoms with Crippen LogP contribution in [0.25, 0.3) is 0 Å². The minimum absolute atomic E-state index is 0. The molecule has 0 saturated heterocycles. The number of phenolic OH excluding ortho intramolecular Hbond substituents is 1. The maximum absolute atomic E-state index is 10.1. The second-order valence-electron chi connectivity index (χ2n) is 7.54. The molecule has 3 heterocycles. The fourth-order valence-electron chi connectivity index (χ4n) is 4.91. The van der Waals surface area contributed by atoms with Crippen LogP contribution in [0.3, 0.4) is 0 Å². The Balaban J connectivity index is 0.00000175. The third kappa shape index (κ3) is 2.00. The number of benzene rings is 4. The maximum atomic E-state index is 10.1. The summed E-state index contributed by atoms with van der Waals surface area (Å²) in [5.74, 6) is 3.73. The molecule has 0 spiro atoms. The van der Waals surface area contributed by atoms with E-state index in [9.17, 15) is 5.11 Å². The van der Waals surface area contributed by atoms with Gasteiger partial charge in [0, 0.05) is 28.4 Å². The van der Waals surface area contributed by atoms with E-state index >= 15 is 0 Å². The van der Waals surface area contributed by atoms with Gasteiger partial charge in [-0.2, -0.15) is 0 Å². The first kappa shape index (κ1) is 17.0.